The highest BCUT2D eigenvalue weighted by atomic mass is 19.1. The smallest absolute Gasteiger partial charge is 0.311 e. The molecule has 0 radical (unpaired) electrons. The molecule has 0 aromatic heterocycles. The van der Waals surface area contributed by atoms with Crippen molar-refractivity contribution < 1.29 is 19.1 Å². The van der Waals surface area contributed by atoms with E-state index in [-0.39, 0.29) is 24.2 Å². The van der Waals surface area contributed by atoms with Crippen LogP contribution < -0.4 is 5.32 Å². The number of benzene rings is 1. The standard InChI is InChI=1S/C15H18FNO3/c1-2-12(10-3-5-11(16)6-4-10)13(18)17-9-15(7-8-15)14(19)20/h3-6,12H,2,7-9H2,1H3,(H,17,18)(H,19,20). The summed E-state index contributed by atoms with van der Waals surface area (Å²) in [7, 11) is 0. The minimum absolute atomic E-state index is 0.166. The molecule has 1 unspecified atom stereocenters. The van der Waals surface area contributed by atoms with Gasteiger partial charge in [0.15, 0.2) is 0 Å². The first-order valence-electron chi connectivity index (χ1n) is 6.75. The van der Waals surface area contributed by atoms with Gasteiger partial charge in [0.2, 0.25) is 5.91 Å². The number of hydrogen-bond donors (Lipinski definition) is 2. The van der Waals surface area contributed by atoms with Crippen LogP contribution in [0.1, 0.15) is 37.7 Å². The predicted molar refractivity (Wildman–Crippen MR) is 71.7 cm³/mol. The van der Waals surface area contributed by atoms with Gasteiger partial charge in [-0.15, -0.1) is 0 Å². The maximum Gasteiger partial charge on any atom is 0.311 e. The normalized spacial score (nSPS) is 17.3. The van der Waals surface area contributed by atoms with E-state index in [0.717, 1.165) is 5.56 Å². The molecule has 2 N–H and O–H groups in total. The molecule has 1 atom stereocenters. The highest BCUT2D eigenvalue weighted by molar-refractivity contribution is 5.85. The van der Waals surface area contributed by atoms with E-state index >= 15 is 0 Å². The van der Waals surface area contributed by atoms with Gasteiger partial charge < -0.3 is 10.4 Å². The summed E-state index contributed by atoms with van der Waals surface area (Å²) in [6.45, 7) is 2.04. The number of rotatable bonds is 6. The molecule has 0 heterocycles. The second-order valence-corrected chi connectivity index (χ2v) is 5.32. The van der Waals surface area contributed by atoms with E-state index in [9.17, 15) is 14.0 Å². The Balaban J connectivity index is 1.99. The summed E-state index contributed by atoms with van der Waals surface area (Å²) < 4.78 is 12.9. The fraction of sp³-hybridized carbons (Fsp3) is 0.467. The van der Waals surface area contributed by atoms with Crippen LogP contribution in [0, 0.1) is 11.2 Å². The van der Waals surface area contributed by atoms with Gasteiger partial charge in [-0.1, -0.05) is 19.1 Å². The molecule has 1 fully saturated rings. The second-order valence-electron chi connectivity index (χ2n) is 5.32. The Morgan fingerprint density at radius 3 is 2.40 bits per heavy atom. The summed E-state index contributed by atoms with van der Waals surface area (Å²) in [5.41, 5.74) is -0.0249. The van der Waals surface area contributed by atoms with Gasteiger partial charge in [-0.2, -0.15) is 0 Å². The maximum atomic E-state index is 12.9. The topological polar surface area (TPSA) is 66.4 Å². The first-order valence-corrected chi connectivity index (χ1v) is 6.75. The zero-order valence-corrected chi connectivity index (χ0v) is 11.4. The van der Waals surface area contributed by atoms with E-state index in [0.29, 0.717) is 19.3 Å². The van der Waals surface area contributed by atoms with Crippen LogP contribution in [0.2, 0.25) is 0 Å². The molecule has 1 aromatic rings. The molecular formula is C15H18FNO3. The first-order chi connectivity index (χ1) is 9.48. The molecule has 1 aliphatic rings. The monoisotopic (exact) mass is 279 g/mol. The van der Waals surface area contributed by atoms with Gasteiger partial charge in [-0.3, -0.25) is 9.59 Å². The van der Waals surface area contributed by atoms with Gasteiger partial charge in [-0.05, 0) is 37.0 Å². The summed E-state index contributed by atoms with van der Waals surface area (Å²) >= 11 is 0. The highest BCUT2D eigenvalue weighted by Crippen LogP contribution is 2.45. The average Bonchev–Trinajstić information content (AvgIpc) is 3.21. The number of hydrogen-bond acceptors (Lipinski definition) is 2. The molecule has 5 heteroatoms. The van der Waals surface area contributed by atoms with E-state index in [2.05, 4.69) is 5.32 Å². The van der Waals surface area contributed by atoms with Gasteiger partial charge in [0.25, 0.3) is 0 Å². The molecule has 1 saturated carbocycles. The van der Waals surface area contributed by atoms with Crippen LogP contribution in [0.15, 0.2) is 24.3 Å². The van der Waals surface area contributed by atoms with Crippen LogP contribution in [-0.4, -0.2) is 23.5 Å². The van der Waals surface area contributed by atoms with Crippen molar-refractivity contribution in [2.45, 2.75) is 32.1 Å². The lowest BCUT2D eigenvalue weighted by Gasteiger charge is -2.17. The Kier molecular flexibility index (Phi) is 4.06. The van der Waals surface area contributed by atoms with Crippen molar-refractivity contribution in [3.63, 3.8) is 0 Å². The number of amides is 1. The summed E-state index contributed by atoms with van der Waals surface area (Å²) in [5.74, 6) is -1.77. The largest absolute Gasteiger partial charge is 0.481 e. The highest BCUT2D eigenvalue weighted by Gasteiger charge is 2.50. The van der Waals surface area contributed by atoms with E-state index in [1.807, 2.05) is 6.92 Å². The lowest BCUT2D eigenvalue weighted by molar-refractivity contribution is -0.143. The fourth-order valence-corrected chi connectivity index (χ4v) is 2.26. The molecule has 0 spiro atoms. The molecule has 1 amide bonds. The molecule has 108 valence electrons. The van der Waals surface area contributed by atoms with E-state index < -0.39 is 11.4 Å². The van der Waals surface area contributed by atoms with Crippen LogP contribution >= 0.6 is 0 Å². The Morgan fingerprint density at radius 1 is 1.35 bits per heavy atom. The van der Waals surface area contributed by atoms with Crippen molar-refractivity contribution in [1.29, 1.82) is 0 Å². The summed E-state index contributed by atoms with van der Waals surface area (Å²) in [5, 5.41) is 11.8. The van der Waals surface area contributed by atoms with Crippen LogP contribution in [0.4, 0.5) is 4.39 Å². The van der Waals surface area contributed by atoms with E-state index in [1.165, 1.54) is 12.1 Å². The SMILES string of the molecule is CCC(C(=O)NCC1(C(=O)O)CC1)c1ccc(F)cc1. The third-order valence-electron chi connectivity index (χ3n) is 3.91. The zero-order valence-electron chi connectivity index (χ0n) is 11.4. The Bertz CT molecular complexity index is 508. The van der Waals surface area contributed by atoms with Gasteiger partial charge in [0.1, 0.15) is 5.82 Å². The minimum Gasteiger partial charge on any atom is -0.481 e. The number of carbonyl (C=O) groups is 2. The maximum absolute atomic E-state index is 12.9. The average molecular weight is 279 g/mol. The van der Waals surface area contributed by atoms with Crippen molar-refractivity contribution >= 4 is 11.9 Å². The molecule has 4 nitrogen and oxygen atoms in total. The molecule has 0 bridgehead atoms. The third-order valence-corrected chi connectivity index (χ3v) is 3.91. The summed E-state index contributed by atoms with van der Waals surface area (Å²) in [6, 6.07) is 5.83. The lowest BCUT2D eigenvalue weighted by atomic mass is 9.95. The van der Waals surface area contributed by atoms with Crippen LogP contribution in [0.3, 0.4) is 0 Å². The Hall–Kier alpha value is -1.91. The number of nitrogens with one attached hydrogen (secondary N) is 1. The quantitative estimate of drug-likeness (QED) is 0.839. The van der Waals surface area contributed by atoms with Gasteiger partial charge >= 0.3 is 5.97 Å². The first kappa shape index (κ1) is 14.5. The molecule has 1 aromatic carbocycles. The van der Waals surface area contributed by atoms with Crippen LogP contribution in [0.25, 0.3) is 0 Å². The Labute approximate surface area is 117 Å². The van der Waals surface area contributed by atoms with Crippen molar-refractivity contribution in [2.75, 3.05) is 6.54 Å². The van der Waals surface area contributed by atoms with E-state index in [4.69, 9.17) is 5.11 Å². The molecule has 2 rings (SSSR count). The van der Waals surface area contributed by atoms with Crippen molar-refractivity contribution in [3.8, 4) is 0 Å². The van der Waals surface area contributed by atoms with Gasteiger partial charge in [0.05, 0.1) is 11.3 Å². The second kappa shape index (κ2) is 5.61. The van der Waals surface area contributed by atoms with Crippen LogP contribution in [-0.2, 0) is 9.59 Å². The van der Waals surface area contributed by atoms with Gasteiger partial charge in [-0.25, -0.2) is 4.39 Å². The predicted octanol–water partition coefficient (Wildman–Crippen LogP) is 2.30. The summed E-state index contributed by atoms with van der Waals surface area (Å²) in [6.07, 6.45) is 1.80. The van der Waals surface area contributed by atoms with Crippen molar-refractivity contribution in [2.24, 2.45) is 5.41 Å². The number of carbonyl (C=O) groups excluding carboxylic acids is 1. The molecule has 0 saturated heterocycles. The number of carboxylic acid groups (broad SMARTS) is 1. The molecule has 1 aliphatic carbocycles. The summed E-state index contributed by atoms with van der Waals surface area (Å²) in [4.78, 5) is 23.2. The molecule has 0 aliphatic heterocycles. The zero-order chi connectivity index (χ0) is 14.8. The van der Waals surface area contributed by atoms with Crippen molar-refractivity contribution in [3.05, 3.63) is 35.6 Å². The molecular weight excluding hydrogens is 261 g/mol. The number of carboxylic acids is 1. The molecule has 20 heavy (non-hydrogen) atoms. The van der Waals surface area contributed by atoms with E-state index in [1.54, 1.807) is 12.1 Å². The fourth-order valence-electron chi connectivity index (χ4n) is 2.26. The Morgan fingerprint density at radius 2 is 1.95 bits per heavy atom. The minimum atomic E-state index is -0.854. The number of aliphatic carboxylic acids is 1. The lowest BCUT2D eigenvalue weighted by Crippen LogP contribution is -2.36. The number of halogens is 1. The van der Waals surface area contributed by atoms with Crippen molar-refractivity contribution in [1.82, 2.24) is 5.32 Å². The third kappa shape index (κ3) is 2.98. The van der Waals surface area contributed by atoms with Gasteiger partial charge in [0, 0.05) is 6.54 Å². The van der Waals surface area contributed by atoms with Crippen LogP contribution in [0.5, 0.6) is 0 Å².